The molecule has 1 aliphatic rings. The molecule has 0 aliphatic carbocycles. The van der Waals surface area contributed by atoms with Gasteiger partial charge >= 0.3 is 0 Å². The van der Waals surface area contributed by atoms with E-state index >= 15 is 0 Å². The number of aliphatic hydroxyl groups excluding tert-OH is 1. The van der Waals surface area contributed by atoms with Crippen molar-refractivity contribution in [3.8, 4) is 0 Å². The average molecular weight is 277 g/mol. The van der Waals surface area contributed by atoms with Gasteiger partial charge in [-0.2, -0.15) is 0 Å². The van der Waals surface area contributed by atoms with Crippen molar-refractivity contribution in [2.24, 2.45) is 5.92 Å². The molecule has 0 bridgehead atoms. The molecule has 0 saturated heterocycles. The Bertz CT molecular complexity index is 406. The monoisotopic (exact) mass is 277 g/mol. The van der Waals surface area contributed by atoms with Crippen molar-refractivity contribution in [2.75, 3.05) is 32.9 Å². The molecule has 0 spiro atoms. The molecular formula is C17H27NO2. The number of fused-ring (bicyclic) bond motifs is 1. The van der Waals surface area contributed by atoms with Gasteiger partial charge in [-0.3, -0.25) is 4.90 Å². The van der Waals surface area contributed by atoms with Crippen LogP contribution in [0.1, 0.15) is 37.4 Å². The molecule has 1 aromatic carbocycles. The molecule has 0 saturated carbocycles. The maximum atomic E-state index is 9.70. The van der Waals surface area contributed by atoms with Crippen molar-refractivity contribution in [3.63, 3.8) is 0 Å². The second-order valence-corrected chi connectivity index (χ2v) is 5.98. The molecule has 0 fully saturated rings. The molecule has 1 heterocycles. The third kappa shape index (κ3) is 4.05. The number of ether oxygens (including phenoxy) is 1. The molecule has 3 nitrogen and oxygen atoms in total. The van der Waals surface area contributed by atoms with Gasteiger partial charge in [0.05, 0.1) is 19.3 Å². The normalized spacial score (nSPS) is 19.3. The Morgan fingerprint density at radius 2 is 2.10 bits per heavy atom. The summed E-state index contributed by atoms with van der Waals surface area (Å²) in [6.45, 7) is 8.12. The Morgan fingerprint density at radius 3 is 2.85 bits per heavy atom. The molecule has 1 atom stereocenters. The van der Waals surface area contributed by atoms with Crippen molar-refractivity contribution in [1.82, 2.24) is 4.90 Å². The summed E-state index contributed by atoms with van der Waals surface area (Å²) < 4.78 is 5.70. The van der Waals surface area contributed by atoms with Gasteiger partial charge in [-0.1, -0.05) is 38.1 Å². The van der Waals surface area contributed by atoms with Crippen LogP contribution < -0.4 is 0 Å². The minimum atomic E-state index is 0.133. The zero-order valence-corrected chi connectivity index (χ0v) is 12.7. The number of hydrogen-bond donors (Lipinski definition) is 1. The van der Waals surface area contributed by atoms with Crippen LogP contribution in [0.4, 0.5) is 0 Å². The Hall–Kier alpha value is -0.900. The topological polar surface area (TPSA) is 32.7 Å². The van der Waals surface area contributed by atoms with E-state index in [1.54, 1.807) is 0 Å². The van der Waals surface area contributed by atoms with Crippen molar-refractivity contribution in [2.45, 2.75) is 32.7 Å². The molecule has 0 amide bonds. The van der Waals surface area contributed by atoms with E-state index < -0.39 is 0 Å². The van der Waals surface area contributed by atoms with Crippen LogP contribution in [0.2, 0.25) is 0 Å². The zero-order chi connectivity index (χ0) is 14.4. The van der Waals surface area contributed by atoms with Crippen LogP contribution in [0.15, 0.2) is 24.3 Å². The van der Waals surface area contributed by atoms with Gasteiger partial charge in [-0.15, -0.1) is 0 Å². The standard InChI is InChI=1S/C17H27NO2/c1-14(2)8-11-20-12-10-18-9-7-15-5-3-4-6-16(15)17(18)13-19/h3-6,14,17,19H,7-13H2,1-2H3. The summed E-state index contributed by atoms with van der Waals surface area (Å²) in [4.78, 5) is 2.34. The summed E-state index contributed by atoms with van der Waals surface area (Å²) in [5.41, 5.74) is 2.66. The number of rotatable bonds is 7. The third-order valence-corrected chi connectivity index (χ3v) is 4.06. The molecule has 112 valence electrons. The van der Waals surface area contributed by atoms with Crippen LogP contribution >= 0.6 is 0 Å². The first kappa shape index (κ1) is 15.5. The Kier molecular flexibility index (Phi) is 6.02. The average Bonchev–Trinajstić information content (AvgIpc) is 2.46. The largest absolute Gasteiger partial charge is 0.394 e. The summed E-state index contributed by atoms with van der Waals surface area (Å²) in [5, 5.41) is 9.70. The smallest absolute Gasteiger partial charge is 0.0628 e. The lowest BCUT2D eigenvalue weighted by atomic mass is 9.93. The molecule has 1 aliphatic heterocycles. The van der Waals surface area contributed by atoms with Crippen LogP contribution in [0, 0.1) is 5.92 Å². The molecular weight excluding hydrogens is 250 g/mol. The molecule has 3 heteroatoms. The highest BCUT2D eigenvalue weighted by Crippen LogP contribution is 2.28. The van der Waals surface area contributed by atoms with Gasteiger partial charge in [0.25, 0.3) is 0 Å². The highest BCUT2D eigenvalue weighted by molar-refractivity contribution is 5.32. The van der Waals surface area contributed by atoms with E-state index in [-0.39, 0.29) is 12.6 Å². The van der Waals surface area contributed by atoms with Crippen LogP contribution in [0.25, 0.3) is 0 Å². The predicted octanol–water partition coefficient (Wildman–Crippen LogP) is 2.64. The number of hydrogen-bond acceptors (Lipinski definition) is 3. The molecule has 1 aromatic rings. The van der Waals surface area contributed by atoms with Gasteiger partial charge in [0.1, 0.15) is 0 Å². The Balaban J connectivity index is 1.84. The molecule has 0 aromatic heterocycles. The second kappa shape index (κ2) is 7.77. The summed E-state index contributed by atoms with van der Waals surface area (Å²) in [5.74, 6) is 0.696. The van der Waals surface area contributed by atoms with Gasteiger partial charge in [-0.25, -0.2) is 0 Å². The van der Waals surface area contributed by atoms with E-state index in [1.807, 2.05) is 0 Å². The van der Waals surface area contributed by atoms with Crippen LogP contribution in [-0.4, -0.2) is 42.9 Å². The second-order valence-electron chi connectivity index (χ2n) is 5.98. The number of nitrogens with zero attached hydrogens (tertiary/aromatic N) is 1. The van der Waals surface area contributed by atoms with Gasteiger partial charge < -0.3 is 9.84 Å². The quantitative estimate of drug-likeness (QED) is 0.778. The molecule has 0 radical (unpaired) electrons. The third-order valence-electron chi connectivity index (χ3n) is 4.06. The fourth-order valence-corrected chi connectivity index (χ4v) is 2.79. The molecule has 1 unspecified atom stereocenters. The van der Waals surface area contributed by atoms with Crippen LogP contribution in [-0.2, 0) is 11.2 Å². The minimum Gasteiger partial charge on any atom is -0.394 e. The van der Waals surface area contributed by atoms with E-state index in [0.717, 1.165) is 39.1 Å². The fourth-order valence-electron chi connectivity index (χ4n) is 2.79. The maximum Gasteiger partial charge on any atom is 0.0628 e. The van der Waals surface area contributed by atoms with E-state index in [2.05, 4.69) is 43.0 Å². The Labute approximate surface area is 122 Å². The fraction of sp³-hybridized carbons (Fsp3) is 0.647. The lowest BCUT2D eigenvalue weighted by Crippen LogP contribution is -2.39. The van der Waals surface area contributed by atoms with Gasteiger partial charge in [0.2, 0.25) is 0 Å². The maximum absolute atomic E-state index is 9.70. The lowest BCUT2D eigenvalue weighted by molar-refractivity contribution is 0.0586. The lowest BCUT2D eigenvalue weighted by Gasteiger charge is -2.36. The first-order chi connectivity index (χ1) is 9.72. The number of benzene rings is 1. The summed E-state index contributed by atoms with van der Waals surface area (Å²) in [7, 11) is 0. The van der Waals surface area contributed by atoms with Crippen molar-refractivity contribution in [3.05, 3.63) is 35.4 Å². The molecule has 2 rings (SSSR count). The first-order valence-corrected chi connectivity index (χ1v) is 7.73. The van der Waals surface area contributed by atoms with Gasteiger partial charge in [-0.05, 0) is 29.9 Å². The molecule has 20 heavy (non-hydrogen) atoms. The van der Waals surface area contributed by atoms with Crippen LogP contribution in [0.5, 0.6) is 0 Å². The SMILES string of the molecule is CC(C)CCOCCN1CCc2ccccc2C1CO. The first-order valence-electron chi connectivity index (χ1n) is 7.73. The van der Waals surface area contributed by atoms with Gasteiger partial charge in [0, 0.05) is 19.7 Å². The number of aliphatic hydroxyl groups is 1. The summed E-state index contributed by atoms with van der Waals surface area (Å²) in [6, 6.07) is 8.59. The van der Waals surface area contributed by atoms with Crippen molar-refractivity contribution in [1.29, 1.82) is 0 Å². The molecule has 1 N–H and O–H groups in total. The highest BCUT2D eigenvalue weighted by atomic mass is 16.5. The minimum absolute atomic E-state index is 0.133. The van der Waals surface area contributed by atoms with Crippen molar-refractivity contribution < 1.29 is 9.84 Å². The summed E-state index contributed by atoms with van der Waals surface area (Å²) in [6.07, 6.45) is 2.19. The van der Waals surface area contributed by atoms with Crippen molar-refractivity contribution >= 4 is 0 Å². The predicted molar refractivity (Wildman–Crippen MR) is 81.8 cm³/mol. The van der Waals surface area contributed by atoms with E-state index in [0.29, 0.717) is 5.92 Å². The zero-order valence-electron chi connectivity index (χ0n) is 12.7. The Morgan fingerprint density at radius 1 is 1.30 bits per heavy atom. The van der Waals surface area contributed by atoms with E-state index in [1.165, 1.54) is 11.1 Å². The van der Waals surface area contributed by atoms with E-state index in [9.17, 15) is 5.11 Å². The summed E-state index contributed by atoms with van der Waals surface area (Å²) >= 11 is 0. The van der Waals surface area contributed by atoms with E-state index in [4.69, 9.17) is 4.74 Å². The van der Waals surface area contributed by atoms with Crippen LogP contribution in [0.3, 0.4) is 0 Å². The van der Waals surface area contributed by atoms with Gasteiger partial charge in [0.15, 0.2) is 0 Å². The highest BCUT2D eigenvalue weighted by Gasteiger charge is 2.25.